The summed E-state index contributed by atoms with van der Waals surface area (Å²) in [6, 6.07) is 5.33. The fraction of sp³-hybridized carbons (Fsp3) is 0.500. The first kappa shape index (κ1) is 15.4. The number of rotatable bonds is 5. The molecule has 0 aliphatic heterocycles. The van der Waals surface area contributed by atoms with Crippen LogP contribution < -0.4 is 11.1 Å². The molecule has 0 aromatic heterocycles. The molecule has 21 heavy (non-hydrogen) atoms. The number of aryl methyl sites for hydroxylation is 1. The Labute approximate surface area is 124 Å². The number of anilines is 1. The normalized spacial score (nSPS) is 17.2. The Kier molecular flexibility index (Phi) is 4.50. The van der Waals surface area contributed by atoms with Gasteiger partial charge in [0.25, 0.3) is 5.91 Å². The standard InChI is InChI=1S/C16H22N2O3/c1-11-5-6-12(14(17)19)13(9-11)18-10-16(15(20)21)7-3-2-4-8-16/h5-6,9,18H,2-4,7-8,10H2,1H3,(H2,17,19)(H,20,21). The first-order valence-electron chi connectivity index (χ1n) is 7.32. The lowest BCUT2D eigenvalue weighted by Crippen LogP contribution is -2.40. The van der Waals surface area contributed by atoms with Crippen molar-refractivity contribution in [3.05, 3.63) is 29.3 Å². The van der Waals surface area contributed by atoms with Crippen LogP contribution in [-0.2, 0) is 4.79 Å². The molecule has 0 radical (unpaired) electrons. The lowest BCUT2D eigenvalue weighted by atomic mass is 9.74. The molecule has 1 amide bonds. The van der Waals surface area contributed by atoms with E-state index in [-0.39, 0.29) is 0 Å². The number of nitrogens with two attached hydrogens (primary N) is 1. The van der Waals surface area contributed by atoms with Crippen molar-refractivity contribution in [1.82, 2.24) is 0 Å². The molecule has 1 saturated carbocycles. The first-order valence-corrected chi connectivity index (χ1v) is 7.32. The second-order valence-corrected chi connectivity index (χ2v) is 5.91. The summed E-state index contributed by atoms with van der Waals surface area (Å²) in [6.45, 7) is 2.25. The number of primary amides is 1. The zero-order chi connectivity index (χ0) is 15.5. The predicted molar refractivity (Wildman–Crippen MR) is 81.3 cm³/mol. The molecule has 1 aromatic rings. The molecule has 0 atom stereocenters. The highest BCUT2D eigenvalue weighted by atomic mass is 16.4. The number of aliphatic carboxylic acids is 1. The molecule has 0 heterocycles. The van der Waals surface area contributed by atoms with Crippen molar-refractivity contribution in [2.75, 3.05) is 11.9 Å². The van der Waals surface area contributed by atoms with Gasteiger partial charge in [-0.05, 0) is 37.5 Å². The van der Waals surface area contributed by atoms with Crippen LogP contribution in [0.25, 0.3) is 0 Å². The molecular weight excluding hydrogens is 268 g/mol. The smallest absolute Gasteiger partial charge is 0.311 e. The fourth-order valence-electron chi connectivity index (χ4n) is 2.98. The van der Waals surface area contributed by atoms with Gasteiger partial charge >= 0.3 is 5.97 Å². The van der Waals surface area contributed by atoms with Gasteiger partial charge in [-0.3, -0.25) is 9.59 Å². The van der Waals surface area contributed by atoms with E-state index in [4.69, 9.17) is 5.73 Å². The molecule has 5 nitrogen and oxygen atoms in total. The molecule has 0 spiro atoms. The van der Waals surface area contributed by atoms with E-state index in [0.717, 1.165) is 24.8 Å². The summed E-state index contributed by atoms with van der Waals surface area (Å²) < 4.78 is 0. The molecule has 5 heteroatoms. The molecule has 1 aliphatic carbocycles. The fourth-order valence-corrected chi connectivity index (χ4v) is 2.98. The van der Waals surface area contributed by atoms with Gasteiger partial charge in [0.1, 0.15) is 0 Å². The van der Waals surface area contributed by atoms with Crippen LogP contribution in [0, 0.1) is 12.3 Å². The van der Waals surface area contributed by atoms with E-state index in [9.17, 15) is 14.7 Å². The summed E-state index contributed by atoms with van der Waals surface area (Å²) in [6.07, 6.45) is 4.31. The van der Waals surface area contributed by atoms with Gasteiger partial charge in [-0.1, -0.05) is 25.3 Å². The molecular formula is C16H22N2O3. The van der Waals surface area contributed by atoms with Crippen LogP contribution >= 0.6 is 0 Å². The Morgan fingerprint density at radius 2 is 1.95 bits per heavy atom. The average Bonchev–Trinajstić information content (AvgIpc) is 2.45. The van der Waals surface area contributed by atoms with E-state index in [1.165, 1.54) is 0 Å². The van der Waals surface area contributed by atoms with E-state index < -0.39 is 17.3 Å². The van der Waals surface area contributed by atoms with Crippen molar-refractivity contribution in [3.8, 4) is 0 Å². The van der Waals surface area contributed by atoms with Gasteiger partial charge in [0.2, 0.25) is 0 Å². The highest BCUT2D eigenvalue weighted by molar-refractivity contribution is 5.98. The lowest BCUT2D eigenvalue weighted by Gasteiger charge is -2.33. The molecule has 2 rings (SSSR count). The zero-order valence-corrected chi connectivity index (χ0v) is 12.3. The van der Waals surface area contributed by atoms with Crippen LogP contribution in [0.4, 0.5) is 5.69 Å². The Morgan fingerprint density at radius 3 is 2.52 bits per heavy atom. The van der Waals surface area contributed by atoms with Crippen molar-refractivity contribution in [3.63, 3.8) is 0 Å². The first-order chi connectivity index (χ1) is 9.94. The summed E-state index contributed by atoms with van der Waals surface area (Å²) >= 11 is 0. The van der Waals surface area contributed by atoms with Gasteiger partial charge < -0.3 is 16.2 Å². The van der Waals surface area contributed by atoms with Crippen molar-refractivity contribution < 1.29 is 14.7 Å². The topological polar surface area (TPSA) is 92.4 Å². The number of nitrogens with one attached hydrogen (secondary N) is 1. The number of hydrogen-bond donors (Lipinski definition) is 3. The van der Waals surface area contributed by atoms with Gasteiger partial charge in [-0.25, -0.2) is 0 Å². The minimum atomic E-state index is -0.761. The molecule has 1 aliphatic rings. The summed E-state index contributed by atoms with van der Waals surface area (Å²) in [4.78, 5) is 23.1. The maximum absolute atomic E-state index is 11.7. The number of carbonyl (C=O) groups excluding carboxylic acids is 1. The van der Waals surface area contributed by atoms with E-state index >= 15 is 0 Å². The van der Waals surface area contributed by atoms with Crippen LogP contribution in [-0.4, -0.2) is 23.5 Å². The van der Waals surface area contributed by atoms with Gasteiger partial charge in [-0.15, -0.1) is 0 Å². The van der Waals surface area contributed by atoms with Crippen LogP contribution in [0.15, 0.2) is 18.2 Å². The summed E-state index contributed by atoms with van der Waals surface area (Å²) in [5.41, 5.74) is 6.65. The number of carboxylic acids is 1. The van der Waals surface area contributed by atoms with Crippen LogP contribution in [0.2, 0.25) is 0 Å². The van der Waals surface area contributed by atoms with Crippen molar-refractivity contribution >= 4 is 17.6 Å². The summed E-state index contributed by atoms with van der Waals surface area (Å²) in [5, 5.41) is 12.7. The molecule has 0 bridgehead atoms. The van der Waals surface area contributed by atoms with Crippen molar-refractivity contribution in [1.29, 1.82) is 0 Å². The number of benzene rings is 1. The maximum Gasteiger partial charge on any atom is 0.311 e. The van der Waals surface area contributed by atoms with E-state index in [2.05, 4.69) is 5.32 Å². The third-order valence-corrected chi connectivity index (χ3v) is 4.32. The van der Waals surface area contributed by atoms with Crippen molar-refractivity contribution in [2.24, 2.45) is 11.1 Å². The number of carboxylic acid groups (broad SMARTS) is 1. The monoisotopic (exact) mass is 290 g/mol. The van der Waals surface area contributed by atoms with Crippen LogP contribution in [0.3, 0.4) is 0 Å². The molecule has 0 saturated heterocycles. The second-order valence-electron chi connectivity index (χ2n) is 5.91. The Balaban J connectivity index is 2.19. The van der Waals surface area contributed by atoms with Gasteiger partial charge in [-0.2, -0.15) is 0 Å². The molecule has 1 aromatic carbocycles. The lowest BCUT2D eigenvalue weighted by molar-refractivity contribution is -0.150. The van der Waals surface area contributed by atoms with Crippen molar-refractivity contribution in [2.45, 2.75) is 39.0 Å². The summed E-state index contributed by atoms with van der Waals surface area (Å²) in [7, 11) is 0. The predicted octanol–water partition coefficient (Wildman–Crippen LogP) is 2.54. The summed E-state index contributed by atoms with van der Waals surface area (Å²) in [5.74, 6) is -1.27. The third-order valence-electron chi connectivity index (χ3n) is 4.32. The maximum atomic E-state index is 11.7. The quantitative estimate of drug-likeness (QED) is 0.777. The Bertz CT molecular complexity index is 548. The molecule has 4 N–H and O–H groups in total. The number of carbonyl (C=O) groups is 2. The minimum absolute atomic E-state index is 0.325. The molecule has 0 unspecified atom stereocenters. The second kappa shape index (κ2) is 6.16. The third kappa shape index (κ3) is 3.35. The van der Waals surface area contributed by atoms with Crippen LogP contribution in [0.5, 0.6) is 0 Å². The average molecular weight is 290 g/mol. The molecule has 1 fully saturated rings. The van der Waals surface area contributed by atoms with Gasteiger partial charge in [0.05, 0.1) is 11.0 Å². The molecule has 114 valence electrons. The Hall–Kier alpha value is -2.04. The van der Waals surface area contributed by atoms with E-state index in [0.29, 0.717) is 30.6 Å². The number of hydrogen-bond acceptors (Lipinski definition) is 3. The largest absolute Gasteiger partial charge is 0.481 e. The van der Waals surface area contributed by atoms with Gasteiger partial charge in [0, 0.05) is 12.2 Å². The minimum Gasteiger partial charge on any atom is -0.481 e. The van der Waals surface area contributed by atoms with E-state index in [1.54, 1.807) is 6.07 Å². The van der Waals surface area contributed by atoms with Crippen LogP contribution in [0.1, 0.15) is 48.0 Å². The van der Waals surface area contributed by atoms with Gasteiger partial charge in [0.15, 0.2) is 0 Å². The zero-order valence-electron chi connectivity index (χ0n) is 12.3. The number of amides is 1. The highest BCUT2D eigenvalue weighted by Crippen LogP contribution is 2.37. The van der Waals surface area contributed by atoms with E-state index in [1.807, 2.05) is 19.1 Å². The Morgan fingerprint density at radius 1 is 1.29 bits per heavy atom. The SMILES string of the molecule is Cc1ccc(C(N)=O)c(NCC2(C(=O)O)CCCCC2)c1. The highest BCUT2D eigenvalue weighted by Gasteiger charge is 2.39.